The molecule has 0 radical (unpaired) electrons. The van der Waals surface area contributed by atoms with Gasteiger partial charge in [0.2, 0.25) is 5.91 Å². The number of aromatic nitrogens is 4. The number of nitrogens with one attached hydrogen (secondary N) is 1. The first-order valence-corrected chi connectivity index (χ1v) is 11.7. The van der Waals surface area contributed by atoms with Crippen LogP contribution in [0.25, 0.3) is 27.7 Å². The maximum atomic E-state index is 13.2. The Balaban J connectivity index is 0.00000133. The van der Waals surface area contributed by atoms with Crippen molar-refractivity contribution >= 4 is 28.3 Å². The summed E-state index contributed by atoms with van der Waals surface area (Å²) < 4.78 is 28.4. The molecule has 5 rings (SSSR count). The molecule has 4 aromatic heterocycles. The van der Waals surface area contributed by atoms with Crippen LogP contribution in [-0.4, -0.2) is 31.2 Å². The van der Waals surface area contributed by atoms with E-state index in [1.165, 1.54) is 0 Å². The third-order valence-electron chi connectivity index (χ3n) is 5.90. The minimum atomic E-state index is -2.91. The molecule has 1 fully saturated rings. The number of nitrogens with zero attached hydrogens (tertiary/aromatic N) is 4. The normalized spacial score (nSPS) is 16.3. The molecule has 1 unspecified atom stereocenters. The van der Waals surface area contributed by atoms with Gasteiger partial charge in [0, 0.05) is 53.3 Å². The van der Waals surface area contributed by atoms with E-state index in [-0.39, 0.29) is 5.82 Å². The van der Waals surface area contributed by atoms with E-state index in [0.29, 0.717) is 0 Å². The van der Waals surface area contributed by atoms with Gasteiger partial charge in [-0.05, 0) is 38.0 Å². The predicted molar refractivity (Wildman–Crippen MR) is 130 cm³/mol. The van der Waals surface area contributed by atoms with Crippen molar-refractivity contribution in [2.75, 3.05) is 5.32 Å². The van der Waals surface area contributed by atoms with E-state index < -0.39 is 24.2 Å². The molecule has 4 aromatic rings. The molecule has 4 heterocycles. The standard InChI is InChI=1S/C24H23F2N5O.C2H6/c1-4-5-16-6-13(2)18(11-27-16)17-7-15-10-28-21(30-23(32)19-9-24(19,25)26)8-20(15)31-12-14(3)29-22(17)31;1-2/h6-8,10-12,19H,4-5,9H2,1-3H3,(H,28,30,32);1-2H3. The van der Waals surface area contributed by atoms with E-state index in [0.717, 1.165) is 57.5 Å². The first-order valence-electron chi connectivity index (χ1n) is 11.7. The van der Waals surface area contributed by atoms with Crippen molar-refractivity contribution in [3.8, 4) is 11.1 Å². The number of carbonyl (C=O) groups excluding carboxylic acids is 1. The Morgan fingerprint density at radius 2 is 1.88 bits per heavy atom. The Labute approximate surface area is 197 Å². The zero-order chi connectivity index (χ0) is 24.6. The van der Waals surface area contributed by atoms with Gasteiger partial charge in [0.25, 0.3) is 5.92 Å². The second kappa shape index (κ2) is 9.08. The highest BCUT2D eigenvalue weighted by Gasteiger charge is 2.61. The van der Waals surface area contributed by atoms with Crippen LogP contribution in [0.15, 0.2) is 36.8 Å². The second-order valence-electron chi connectivity index (χ2n) is 8.51. The second-order valence-corrected chi connectivity index (χ2v) is 8.51. The lowest BCUT2D eigenvalue weighted by molar-refractivity contribution is -0.119. The summed E-state index contributed by atoms with van der Waals surface area (Å²) in [5.41, 5.74) is 6.50. The van der Waals surface area contributed by atoms with Crippen LogP contribution in [0.1, 0.15) is 50.6 Å². The summed E-state index contributed by atoms with van der Waals surface area (Å²) in [7, 11) is 0. The lowest BCUT2D eigenvalue weighted by Gasteiger charge is -2.12. The molecule has 0 aliphatic heterocycles. The molecule has 1 N–H and O–H groups in total. The van der Waals surface area contributed by atoms with E-state index in [2.05, 4.69) is 35.2 Å². The van der Waals surface area contributed by atoms with Crippen LogP contribution < -0.4 is 5.32 Å². The molecule has 0 bridgehead atoms. The quantitative estimate of drug-likeness (QED) is 0.385. The summed E-state index contributed by atoms with van der Waals surface area (Å²) in [6.45, 7) is 10.1. The van der Waals surface area contributed by atoms with Crippen LogP contribution in [0.4, 0.5) is 14.6 Å². The van der Waals surface area contributed by atoms with Gasteiger partial charge in [-0.3, -0.25) is 14.2 Å². The topological polar surface area (TPSA) is 72.2 Å². The zero-order valence-corrected chi connectivity index (χ0v) is 20.1. The van der Waals surface area contributed by atoms with E-state index in [9.17, 15) is 13.6 Å². The van der Waals surface area contributed by atoms with Gasteiger partial charge in [0.1, 0.15) is 17.4 Å². The maximum Gasteiger partial charge on any atom is 0.260 e. The SMILES string of the molecule is CC.CCCc1cc(C)c(-c2cc3cnc(NC(=O)C4CC4(F)F)cc3n3cc(C)nc23)cn1. The zero-order valence-electron chi connectivity index (χ0n) is 20.1. The van der Waals surface area contributed by atoms with Crippen molar-refractivity contribution in [3.63, 3.8) is 0 Å². The minimum absolute atomic E-state index is 0.243. The number of pyridine rings is 3. The fraction of sp³-hybridized carbons (Fsp3) is 0.385. The molecule has 1 aliphatic rings. The Morgan fingerprint density at radius 1 is 1.15 bits per heavy atom. The Hall–Kier alpha value is -3.42. The first-order chi connectivity index (χ1) is 16.3. The summed E-state index contributed by atoms with van der Waals surface area (Å²) in [6.07, 6.45) is 7.00. The molecule has 34 heavy (non-hydrogen) atoms. The molecule has 8 heteroatoms. The number of halogens is 2. The highest BCUT2D eigenvalue weighted by molar-refractivity contribution is 5.97. The molecule has 1 saturated carbocycles. The minimum Gasteiger partial charge on any atom is -0.310 e. The number of imidazole rings is 1. The van der Waals surface area contributed by atoms with Gasteiger partial charge in [0.05, 0.1) is 11.2 Å². The van der Waals surface area contributed by atoms with Crippen LogP contribution in [0, 0.1) is 19.8 Å². The molecule has 1 atom stereocenters. The number of anilines is 1. The van der Waals surface area contributed by atoms with Crippen LogP contribution in [0.3, 0.4) is 0 Å². The number of hydrogen-bond acceptors (Lipinski definition) is 4. The van der Waals surface area contributed by atoms with Gasteiger partial charge in [0.15, 0.2) is 0 Å². The lowest BCUT2D eigenvalue weighted by Crippen LogP contribution is -2.18. The average Bonchev–Trinajstić information content (AvgIpc) is 3.27. The third kappa shape index (κ3) is 4.36. The van der Waals surface area contributed by atoms with Gasteiger partial charge < -0.3 is 5.32 Å². The number of alkyl halides is 2. The van der Waals surface area contributed by atoms with Crippen LogP contribution >= 0.6 is 0 Å². The van der Waals surface area contributed by atoms with Crippen LogP contribution in [0.5, 0.6) is 0 Å². The summed E-state index contributed by atoms with van der Waals surface area (Å²) in [5, 5.41) is 3.37. The van der Waals surface area contributed by atoms with Crippen molar-refractivity contribution < 1.29 is 13.6 Å². The molecule has 0 saturated heterocycles. The molecule has 6 nitrogen and oxygen atoms in total. The Kier molecular flexibility index (Phi) is 6.34. The van der Waals surface area contributed by atoms with Gasteiger partial charge in [-0.25, -0.2) is 18.7 Å². The molecule has 1 aliphatic carbocycles. The Bertz CT molecular complexity index is 1380. The monoisotopic (exact) mass is 465 g/mol. The van der Waals surface area contributed by atoms with E-state index in [1.54, 1.807) is 12.3 Å². The fourth-order valence-corrected chi connectivity index (χ4v) is 4.13. The highest BCUT2D eigenvalue weighted by Crippen LogP contribution is 2.49. The van der Waals surface area contributed by atoms with Gasteiger partial charge in [-0.2, -0.15) is 0 Å². The summed E-state index contributed by atoms with van der Waals surface area (Å²) >= 11 is 0. The van der Waals surface area contributed by atoms with Crippen molar-refractivity contribution in [2.24, 2.45) is 5.92 Å². The third-order valence-corrected chi connectivity index (χ3v) is 5.90. The molecule has 178 valence electrons. The van der Waals surface area contributed by atoms with E-state index in [1.807, 2.05) is 43.6 Å². The molecule has 0 spiro atoms. The van der Waals surface area contributed by atoms with Crippen molar-refractivity contribution in [1.29, 1.82) is 0 Å². The average molecular weight is 466 g/mol. The number of carbonyl (C=O) groups is 1. The summed E-state index contributed by atoms with van der Waals surface area (Å²) in [4.78, 5) is 25.7. The smallest absolute Gasteiger partial charge is 0.260 e. The van der Waals surface area contributed by atoms with Crippen molar-refractivity contribution in [1.82, 2.24) is 19.4 Å². The highest BCUT2D eigenvalue weighted by atomic mass is 19.3. The van der Waals surface area contributed by atoms with Crippen molar-refractivity contribution in [3.05, 3.63) is 53.7 Å². The number of amides is 1. The van der Waals surface area contributed by atoms with Crippen LogP contribution in [0.2, 0.25) is 0 Å². The number of aryl methyl sites for hydroxylation is 3. The largest absolute Gasteiger partial charge is 0.310 e. The molecular formula is C26H29F2N5O. The number of fused-ring (bicyclic) bond motifs is 3. The fourth-order valence-electron chi connectivity index (χ4n) is 4.13. The lowest BCUT2D eigenvalue weighted by atomic mass is 10.0. The molecule has 0 aromatic carbocycles. The summed E-state index contributed by atoms with van der Waals surface area (Å²) in [6, 6.07) is 5.81. The Morgan fingerprint density at radius 3 is 2.53 bits per heavy atom. The van der Waals surface area contributed by atoms with E-state index in [4.69, 9.17) is 4.98 Å². The number of rotatable bonds is 5. The van der Waals surface area contributed by atoms with Gasteiger partial charge in [-0.15, -0.1) is 0 Å². The molecule has 1 amide bonds. The maximum absolute atomic E-state index is 13.2. The van der Waals surface area contributed by atoms with E-state index >= 15 is 0 Å². The first kappa shape index (κ1) is 23.7. The van der Waals surface area contributed by atoms with Crippen molar-refractivity contribution in [2.45, 2.75) is 59.8 Å². The van der Waals surface area contributed by atoms with Crippen LogP contribution in [-0.2, 0) is 11.2 Å². The van der Waals surface area contributed by atoms with Gasteiger partial charge >= 0.3 is 0 Å². The number of hydrogen-bond donors (Lipinski definition) is 1. The molecular weight excluding hydrogens is 436 g/mol. The predicted octanol–water partition coefficient (Wildman–Crippen LogP) is 6.13. The van der Waals surface area contributed by atoms with Gasteiger partial charge in [-0.1, -0.05) is 27.2 Å². The summed E-state index contributed by atoms with van der Waals surface area (Å²) in [5.74, 6) is -4.65.